The number of piperidine rings is 1. The van der Waals surface area contributed by atoms with Gasteiger partial charge >= 0.3 is 5.97 Å². The maximum Gasteiger partial charge on any atom is 0.302 e. The summed E-state index contributed by atoms with van der Waals surface area (Å²) < 4.78 is 7.37. The van der Waals surface area contributed by atoms with Gasteiger partial charge in [0.2, 0.25) is 0 Å². The largest absolute Gasteiger partial charge is 1.00 e. The van der Waals surface area contributed by atoms with E-state index < -0.39 is 0 Å². The Morgan fingerprint density at radius 3 is 2.15 bits per heavy atom. The Bertz CT molecular complexity index is 918. The summed E-state index contributed by atoms with van der Waals surface area (Å²) in [4.78, 5) is 17.6. The molecule has 2 heterocycles. The number of likely N-dealkylation sites (N-methyl/N-ethyl adjacent to an activating group) is 1. The van der Waals surface area contributed by atoms with Gasteiger partial charge in [0, 0.05) is 50.6 Å². The predicted octanol–water partition coefficient (Wildman–Crippen LogP) is 0.131. The number of carbonyl (C=O) groups excluding carboxylic acids is 1. The monoisotopic (exact) mass is 625 g/mol. The first-order valence-electron chi connectivity index (χ1n) is 16.2. The fraction of sp³-hybridized carbons (Fsp3) is 0.969. The lowest BCUT2D eigenvalue weighted by Crippen LogP contribution is -3.00. The molecule has 0 radical (unpaired) electrons. The van der Waals surface area contributed by atoms with E-state index >= 15 is 0 Å². The topological polar surface area (TPSA) is 73.2 Å². The summed E-state index contributed by atoms with van der Waals surface area (Å²) in [5.41, 5.74) is 0.310. The molecule has 7 nitrogen and oxygen atoms in total. The molecule has 40 heavy (non-hydrogen) atoms. The molecule has 6 fully saturated rings. The van der Waals surface area contributed by atoms with Gasteiger partial charge in [-0.1, -0.05) is 13.8 Å². The first-order valence-corrected chi connectivity index (χ1v) is 16.2. The summed E-state index contributed by atoms with van der Waals surface area (Å²) in [6, 6.07) is 0.569. The number of rotatable bonds is 3. The van der Waals surface area contributed by atoms with E-state index in [9.17, 15) is 15.0 Å². The van der Waals surface area contributed by atoms with Gasteiger partial charge in [-0.2, -0.15) is 0 Å². The first-order chi connectivity index (χ1) is 18.4. The third kappa shape index (κ3) is 5.34. The van der Waals surface area contributed by atoms with Gasteiger partial charge in [0.1, 0.15) is 6.10 Å². The number of hydrogen-bond acceptors (Lipinski definition) is 6. The molecule has 0 bridgehead atoms. The molecule has 0 aromatic heterocycles. The van der Waals surface area contributed by atoms with Crippen molar-refractivity contribution < 1.29 is 41.2 Å². The molecule has 6 rings (SSSR count). The third-order valence-corrected chi connectivity index (χ3v) is 13.3. The van der Waals surface area contributed by atoms with Crippen LogP contribution in [0.4, 0.5) is 0 Å². The van der Waals surface area contributed by atoms with Crippen LogP contribution in [0.1, 0.15) is 78.6 Å². The molecule has 2 saturated heterocycles. The highest BCUT2D eigenvalue weighted by Gasteiger charge is 2.65. The van der Waals surface area contributed by atoms with E-state index in [2.05, 4.69) is 37.7 Å². The Kier molecular flexibility index (Phi) is 8.85. The highest BCUT2D eigenvalue weighted by molar-refractivity contribution is 5.66. The number of hydrogen-bond donors (Lipinski definition) is 2. The van der Waals surface area contributed by atoms with Crippen molar-refractivity contribution in [3.8, 4) is 0 Å². The van der Waals surface area contributed by atoms with Gasteiger partial charge in [-0.25, -0.2) is 0 Å². The Hall–Kier alpha value is -0.250. The van der Waals surface area contributed by atoms with Gasteiger partial charge in [-0.3, -0.25) is 14.6 Å². The van der Waals surface area contributed by atoms with Crippen molar-refractivity contribution in [2.45, 2.75) is 109 Å². The average molecular weight is 627 g/mol. The Balaban J connectivity index is 0.00000323. The zero-order valence-corrected chi connectivity index (χ0v) is 27.3. The first kappa shape index (κ1) is 31.2. The van der Waals surface area contributed by atoms with Crippen LogP contribution >= 0.6 is 0 Å². The van der Waals surface area contributed by atoms with E-state index in [0.717, 1.165) is 75.9 Å². The molecule has 10 atom stereocenters. The number of aliphatic hydroxyl groups excluding tert-OH is 2. The van der Waals surface area contributed by atoms with Gasteiger partial charge in [0.15, 0.2) is 0 Å². The van der Waals surface area contributed by atoms with E-state index in [1.54, 1.807) is 6.92 Å². The highest BCUT2D eigenvalue weighted by Crippen LogP contribution is 2.67. The molecule has 0 aromatic carbocycles. The van der Waals surface area contributed by atoms with E-state index in [-0.39, 0.29) is 58.1 Å². The molecule has 0 amide bonds. The molecular weight excluding hydrogens is 570 g/mol. The number of nitrogens with zero attached hydrogens (tertiary/aromatic N) is 3. The van der Waals surface area contributed by atoms with Gasteiger partial charge in [-0.15, -0.1) is 0 Å². The van der Waals surface area contributed by atoms with E-state index in [4.69, 9.17) is 4.74 Å². The lowest BCUT2D eigenvalue weighted by atomic mass is 9.44. The van der Waals surface area contributed by atoms with Crippen molar-refractivity contribution in [1.29, 1.82) is 0 Å². The second kappa shape index (κ2) is 11.4. The smallest absolute Gasteiger partial charge is 0.302 e. The van der Waals surface area contributed by atoms with Gasteiger partial charge in [0.25, 0.3) is 0 Å². The summed E-state index contributed by atoms with van der Waals surface area (Å²) in [6.45, 7) is 13.0. The molecular formula is C32H56BrN3O4. The van der Waals surface area contributed by atoms with Crippen molar-refractivity contribution in [2.75, 3.05) is 53.4 Å². The number of esters is 1. The predicted molar refractivity (Wildman–Crippen MR) is 152 cm³/mol. The van der Waals surface area contributed by atoms with E-state index in [0.29, 0.717) is 29.7 Å². The number of halogens is 1. The second-order valence-corrected chi connectivity index (χ2v) is 15.8. The molecule has 0 spiro atoms. The molecule has 0 aromatic rings. The molecule has 4 saturated carbocycles. The molecule has 0 unspecified atom stereocenters. The minimum atomic E-state index is -0.241. The standard InChI is InChI=1S/C32H56N3O4.BrH/c1-21(36)39-30-27(34-14-16-35(4,5)17-15-34)19-26-24-7-6-22-18-29(38)28(33-12-9-23(37)10-13-33)20-32(22,3)25(24)8-11-31(26,30)2;/h22-30,37-38H,6-20H2,1-5H3;1H/q+1;/p-1/t22-,24+,25-,26-,27-,28-,29-,30-,31-,32-;/m0./s1. The minimum Gasteiger partial charge on any atom is -1.00 e. The number of piperazine rings is 1. The zero-order valence-electron chi connectivity index (χ0n) is 25.7. The van der Waals surface area contributed by atoms with Crippen LogP contribution in [0.3, 0.4) is 0 Å². The van der Waals surface area contributed by atoms with Crippen LogP contribution in [-0.4, -0.2) is 114 Å². The van der Waals surface area contributed by atoms with E-state index in [1.807, 2.05) is 0 Å². The Morgan fingerprint density at radius 1 is 0.850 bits per heavy atom. The number of fused-ring (bicyclic) bond motifs is 5. The Labute approximate surface area is 253 Å². The number of carbonyl (C=O) groups is 1. The van der Waals surface area contributed by atoms with Crippen molar-refractivity contribution in [3.05, 3.63) is 0 Å². The van der Waals surface area contributed by atoms with E-state index in [1.165, 1.54) is 25.7 Å². The average Bonchev–Trinajstić information content (AvgIpc) is 3.16. The molecule has 6 aliphatic rings. The number of ether oxygens (including phenoxy) is 1. The van der Waals surface area contributed by atoms with Gasteiger partial charge in [-0.05, 0) is 86.9 Å². The summed E-state index contributed by atoms with van der Waals surface area (Å²) in [5, 5.41) is 21.4. The highest BCUT2D eigenvalue weighted by atomic mass is 79.9. The molecule has 230 valence electrons. The number of aliphatic hydroxyl groups is 2. The number of likely N-dealkylation sites (tertiary alicyclic amines) is 1. The summed E-state index contributed by atoms with van der Waals surface area (Å²) in [6.07, 6.45) is 9.31. The molecule has 8 heteroatoms. The zero-order chi connectivity index (χ0) is 27.7. The summed E-state index contributed by atoms with van der Waals surface area (Å²) in [7, 11) is 4.67. The van der Waals surface area contributed by atoms with Gasteiger partial charge in [0.05, 0.1) is 39.4 Å². The minimum absolute atomic E-state index is 0. The van der Waals surface area contributed by atoms with Crippen molar-refractivity contribution in [1.82, 2.24) is 9.80 Å². The SMILES string of the molecule is CC(=O)O[C@H]1[C@@H](N2CC[N+](C)(C)CC2)C[C@H]2[C@@H]3CC[C@H]4C[C@H](O)[C@@H](N5CCC(O)CC5)C[C@]4(C)[C@H]3CC[C@@]21C.[Br-]. The maximum atomic E-state index is 12.4. The Morgan fingerprint density at radius 2 is 1.50 bits per heavy atom. The number of quaternary nitrogens is 1. The van der Waals surface area contributed by atoms with Gasteiger partial charge < -0.3 is 36.4 Å². The molecule has 2 N–H and O–H groups in total. The van der Waals surface area contributed by atoms with Crippen LogP contribution in [0.5, 0.6) is 0 Å². The van der Waals surface area contributed by atoms with Crippen LogP contribution in [-0.2, 0) is 9.53 Å². The quantitative estimate of drug-likeness (QED) is 0.343. The second-order valence-electron chi connectivity index (χ2n) is 15.8. The van der Waals surface area contributed by atoms with Crippen LogP contribution < -0.4 is 17.0 Å². The van der Waals surface area contributed by atoms with Crippen LogP contribution in [0, 0.1) is 34.5 Å². The van der Waals surface area contributed by atoms with Crippen molar-refractivity contribution in [2.24, 2.45) is 34.5 Å². The fourth-order valence-electron chi connectivity index (χ4n) is 10.9. The summed E-state index contributed by atoms with van der Waals surface area (Å²) in [5.74, 6) is 2.46. The van der Waals surface area contributed by atoms with Crippen molar-refractivity contribution in [3.63, 3.8) is 0 Å². The summed E-state index contributed by atoms with van der Waals surface area (Å²) >= 11 is 0. The normalized spacial score (nSPS) is 47.9. The lowest BCUT2D eigenvalue weighted by molar-refractivity contribution is -0.894. The third-order valence-electron chi connectivity index (χ3n) is 13.3. The van der Waals surface area contributed by atoms with Crippen molar-refractivity contribution >= 4 is 5.97 Å². The molecule has 4 aliphatic carbocycles. The van der Waals surface area contributed by atoms with Crippen LogP contribution in [0.2, 0.25) is 0 Å². The lowest BCUT2D eigenvalue weighted by Gasteiger charge is -2.62. The maximum absolute atomic E-state index is 12.4. The fourth-order valence-corrected chi connectivity index (χ4v) is 10.9. The molecule has 2 aliphatic heterocycles. The van der Waals surface area contributed by atoms with Crippen LogP contribution in [0.15, 0.2) is 0 Å². The van der Waals surface area contributed by atoms with Crippen LogP contribution in [0.25, 0.3) is 0 Å².